The summed E-state index contributed by atoms with van der Waals surface area (Å²) in [4.78, 5) is 20.2. The number of fused-ring (bicyclic) bond motifs is 1. The Bertz CT molecular complexity index is 587. The van der Waals surface area contributed by atoms with Crippen LogP contribution in [0.5, 0.6) is 0 Å². The smallest absolute Gasteiger partial charge is 0.240 e. The Morgan fingerprint density at radius 2 is 2.28 bits per heavy atom. The number of nitrogens with one attached hydrogen (secondary N) is 1. The molecule has 0 atom stereocenters. The van der Waals surface area contributed by atoms with Crippen LogP contribution in [0.25, 0.3) is 11.2 Å². The number of amides is 1. The molecule has 6 heteroatoms. The maximum absolute atomic E-state index is 11.7. The lowest BCUT2D eigenvalue weighted by atomic mass is 10.3. The molecule has 0 aliphatic rings. The minimum absolute atomic E-state index is 0.0987. The van der Waals surface area contributed by atoms with Gasteiger partial charge in [-0.1, -0.05) is 0 Å². The van der Waals surface area contributed by atoms with Crippen LogP contribution < -0.4 is 11.1 Å². The zero-order chi connectivity index (χ0) is 13.3. The Hall–Kier alpha value is -2.11. The molecule has 2 heterocycles. The summed E-state index contributed by atoms with van der Waals surface area (Å²) < 4.78 is 1.62. The van der Waals surface area contributed by atoms with Gasteiger partial charge in [0.1, 0.15) is 12.1 Å². The second-order valence-corrected chi connectivity index (χ2v) is 4.63. The third-order valence-electron chi connectivity index (χ3n) is 2.50. The molecule has 2 aromatic heterocycles. The molecule has 0 radical (unpaired) electrons. The van der Waals surface area contributed by atoms with E-state index in [2.05, 4.69) is 15.3 Å². The predicted octanol–water partition coefficient (Wildman–Crippen LogP) is 0.847. The van der Waals surface area contributed by atoms with Crippen molar-refractivity contribution in [2.45, 2.75) is 33.4 Å². The van der Waals surface area contributed by atoms with Crippen molar-refractivity contribution in [3.8, 4) is 0 Å². The van der Waals surface area contributed by atoms with Crippen molar-refractivity contribution in [2.24, 2.45) is 0 Å². The summed E-state index contributed by atoms with van der Waals surface area (Å²) >= 11 is 0. The normalized spacial score (nSPS) is 11.1. The topological polar surface area (TPSA) is 85.8 Å². The van der Waals surface area contributed by atoms with Gasteiger partial charge in [-0.3, -0.25) is 9.36 Å². The minimum atomic E-state index is -0.0987. The van der Waals surface area contributed by atoms with Gasteiger partial charge in [0.25, 0.3) is 0 Å². The van der Waals surface area contributed by atoms with Crippen molar-refractivity contribution in [1.29, 1.82) is 0 Å². The van der Waals surface area contributed by atoms with Crippen LogP contribution in [0.4, 0.5) is 5.95 Å². The monoisotopic (exact) mass is 247 g/mol. The number of nitrogens with two attached hydrogens (primary N) is 1. The molecule has 3 N–H and O–H groups in total. The lowest BCUT2D eigenvalue weighted by molar-refractivity contribution is -0.122. The van der Waals surface area contributed by atoms with Crippen molar-refractivity contribution < 1.29 is 4.79 Å². The molecule has 18 heavy (non-hydrogen) atoms. The van der Waals surface area contributed by atoms with E-state index in [1.807, 2.05) is 26.8 Å². The maximum atomic E-state index is 11.7. The number of anilines is 1. The standard InChI is InChI=1S/C12H17N5O/c1-7(2)15-10(18)6-17-11-9(16-12(17)13)4-8(3)5-14-11/h4-5,7H,6H2,1-3H3,(H2,13,16)(H,15,18). The van der Waals surface area contributed by atoms with Crippen LogP contribution in [0.3, 0.4) is 0 Å². The largest absolute Gasteiger partial charge is 0.369 e. The average Bonchev–Trinajstić information content (AvgIpc) is 2.53. The van der Waals surface area contributed by atoms with E-state index in [4.69, 9.17) is 5.73 Å². The fourth-order valence-electron chi connectivity index (χ4n) is 1.80. The number of pyridine rings is 1. The molecule has 0 unspecified atom stereocenters. The molecule has 0 fully saturated rings. The van der Waals surface area contributed by atoms with Crippen LogP contribution in [0.2, 0.25) is 0 Å². The van der Waals surface area contributed by atoms with Crippen LogP contribution in [0.15, 0.2) is 12.3 Å². The van der Waals surface area contributed by atoms with E-state index in [1.54, 1.807) is 10.8 Å². The SMILES string of the molecule is Cc1cnc2c(c1)nc(N)n2CC(=O)NC(C)C. The van der Waals surface area contributed by atoms with E-state index in [9.17, 15) is 4.79 Å². The fourth-order valence-corrected chi connectivity index (χ4v) is 1.80. The van der Waals surface area contributed by atoms with Gasteiger partial charge in [-0.25, -0.2) is 9.97 Å². The van der Waals surface area contributed by atoms with Crippen molar-refractivity contribution in [3.05, 3.63) is 17.8 Å². The molecule has 0 saturated carbocycles. The second kappa shape index (κ2) is 4.64. The van der Waals surface area contributed by atoms with Crippen LogP contribution in [0, 0.1) is 6.92 Å². The second-order valence-electron chi connectivity index (χ2n) is 4.63. The van der Waals surface area contributed by atoms with Gasteiger partial charge in [0.05, 0.1) is 0 Å². The third kappa shape index (κ3) is 2.42. The summed E-state index contributed by atoms with van der Waals surface area (Å²) in [6.07, 6.45) is 1.74. The maximum Gasteiger partial charge on any atom is 0.240 e. The van der Waals surface area contributed by atoms with E-state index < -0.39 is 0 Å². The number of imidazole rings is 1. The van der Waals surface area contributed by atoms with Crippen LogP contribution in [-0.4, -0.2) is 26.5 Å². The Kier molecular flexibility index (Phi) is 3.18. The van der Waals surface area contributed by atoms with Gasteiger partial charge in [-0.2, -0.15) is 0 Å². The Morgan fingerprint density at radius 3 is 2.94 bits per heavy atom. The lowest BCUT2D eigenvalue weighted by Gasteiger charge is -2.09. The number of aryl methyl sites for hydroxylation is 1. The first-order chi connectivity index (χ1) is 8.47. The minimum Gasteiger partial charge on any atom is -0.369 e. The quantitative estimate of drug-likeness (QED) is 0.841. The average molecular weight is 247 g/mol. The summed E-state index contributed by atoms with van der Waals surface area (Å²) in [5.41, 5.74) is 8.18. The summed E-state index contributed by atoms with van der Waals surface area (Å²) in [5, 5.41) is 2.81. The van der Waals surface area contributed by atoms with E-state index in [0.717, 1.165) is 5.56 Å². The molecule has 0 bridgehead atoms. The number of nitrogens with zero attached hydrogens (tertiary/aromatic N) is 3. The number of nitrogen functional groups attached to an aromatic ring is 1. The summed E-state index contributed by atoms with van der Waals surface area (Å²) in [5.74, 6) is 0.209. The highest BCUT2D eigenvalue weighted by Gasteiger charge is 2.13. The number of rotatable bonds is 3. The van der Waals surface area contributed by atoms with Crippen LogP contribution >= 0.6 is 0 Å². The van der Waals surface area contributed by atoms with Crippen molar-refractivity contribution in [3.63, 3.8) is 0 Å². The molecule has 0 aliphatic carbocycles. The highest BCUT2D eigenvalue weighted by Crippen LogP contribution is 2.16. The summed E-state index contributed by atoms with van der Waals surface area (Å²) in [6.45, 7) is 5.90. The molecule has 2 rings (SSSR count). The first-order valence-corrected chi connectivity index (χ1v) is 5.85. The number of carbonyl (C=O) groups excluding carboxylic acids is 1. The molecular weight excluding hydrogens is 230 g/mol. The zero-order valence-corrected chi connectivity index (χ0v) is 10.8. The van der Waals surface area contributed by atoms with Gasteiger partial charge < -0.3 is 11.1 Å². The van der Waals surface area contributed by atoms with Gasteiger partial charge in [0.2, 0.25) is 11.9 Å². The van der Waals surface area contributed by atoms with Crippen molar-refractivity contribution >= 4 is 23.0 Å². The number of hydrogen-bond donors (Lipinski definition) is 2. The van der Waals surface area contributed by atoms with E-state index in [-0.39, 0.29) is 18.5 Å². The molecule has 96 valence electrons. The number of hydrogen-bond acceptors (Lipinski definition) is 4. The van der Waals surface area contributed by atoms with Gasteiger partial charge in [0, 0.05) is 12.2 Å². The van der Waals surface area contributed by atoms with Crippen molar-refractivity contribution in [2.75, 3.05) is 5.73 Å². The van der Waals surface area contributed by atoms with Gasteiger partial charge >= 0.3 is 0 Å². The lowest BCUT2D eigenvalue weighted by Crippen LogP contribution is -2.33. The predicted molar refractivity (Wildman–Crippen MR) is 70.0 cm³/mol. The molecule has 0 saturated heterocycles. The Morgan fingerprint density at radius 1 is 1.56 bits per heavy atom. The van der Waals surface area contributed by atoms with Gasteiger partial charge in [0.15, 0.2) is 5.65 Å². The summed E-state index contributed by atoms with van der Waals surface area (Å²) in [6, 6.07) is 2.00. The number of carbonyl (C=O) groups is 1. The highest BCUT2D eigenvalue weighted by atomic mass is 16.2. The molecular formula is C12H17N5O. The molecule has 2 aromatic rings. The molecule has 0 aliphatic heterocycles. The van der Waals surface area contributed by atoms with E-state index in [0.29, 0.717) is 17.1 Å². The van der Waals surface area contributed by atoms with Crippen LogP contribution in [0.1, 0.15) is 19.4 Å². The van der Waals surface area contributed by atoms with Crippen molar-refractivity contribution in [1.82, 2.24) is 19.9 Å². The highest BCUT2D eigenvalue weighted by molar-refractivity contribution is 5.81. The molecule has 6 nitrogen and oxygen atoms in total. The summed E-state index contributed by atoms with van der Waals surface area (Å²) in [7, 11) is 0. The van der Waals surface area contributed by atoms with E-state index in [1.165, 1.54) is 0 Å². The zero-order valence-electron chi connectivity index (χ0n) is 10.8. The molecule has 0 spiro atoms. The molecule has 1 amide bonds. The molecule has 0 aromatic carbocycles. The first kappa shape index (κ1) is 12.3. The Balaban J connectivity index is 2.33. The number of aromatic nitrogens is 3. The van der Waals surface area contributed by atoms with Gasteiger partial charge in [-0.05, 0) is 32.4 Å². The Labute approximate surface area is 105 Å². The third-order valence-corrected chi connectivity index (χ3v) is 2.50. The van der Waals surface area contributed by atoms with Gasteiger partial charge in [-0.15, -0.1) is 0 Å². The fraction of sp³-hybridized carbons (Fsp3) is 0.417. The first-order valence-electron chi connectivity index (χ1n) is 5.85. The van der Waals surface area contributed by atoms with Crippen LogP contribution in [-0.2, 0) is 11.3 Å². The van der Waals surface area contributed by atoms with E-state index >= 15 is 0 Å².